The number of nitrogens with one attached hydrogen (secondary N) is 1. The summed E-state index contributed by atoms with van der Waals surface area (Å²) in [4.78, 5) is 12.2. The second-order valence-electron chi connectivity index (χ2n) is 5.49. The highest BCUT2D eigenvalue weighted by Crippen LogP contribution is 2.38. The zero-order chi connectivity index (χ0) is 16.2. The largest absolute Gasteiger partial charge is 0.493 e. The SMILES string of the molecule is COc1ccc(CC(=O)Nc2nnc(C3CCC3)s2)cc1OC. The normalized spacial score (nSPS) is 14.2. The molecule has 1 heterocycles. The van der Waals surface area contributed by atoms with E-state index in [-0.39, 0.29) is 12.3 Å². The first-order valence-electron chi connectivity index (χ1n) is 7.53. The number of nitrogens with zero attached hydrogens (tertiary/aromatic N) is 2. The summed E-state index contributed by atoms with van der Waals surface area (Å²) >= 11 is 1.47. The van der Waals surface area contributed by atoms with Gasteiger partial charge in [0.05, 0.1) is 20.6 Å². The third kappa shape index (κ3) is 3.61. The first-order chi connectivity index (χ1) is 11.2. The van der Waals surface area contributed by atoms with E-state index in [2.05, 4.69) is 15.5 Å². The molecule has 1 fully saturated rings. The number of ether oxygens (including phenoxy) is 2. The summed E-state index contributed by atoms with van der Waals surface area (Å²) in [6.45, 7) is 0. The van der Waals surface area contributed by atoms with Crippen molar-refractivity contribution in [2.75, 3.05) is 19.5 Å². The molecule has 1 aromatic carbocycles. The van der Waals surface area contributed by atoms with Crippen LogP contribution in [0.25, 0.3) is 0 Å². The average Bonchev–Trinajstić information content (AvgIpc) is 2.93. The van der Waals surface area contributed by atoms with Gasteiger partial charge in [-0.1, -0.05) is 23.8 Å². The highest BCUT2D eigenvalue weighted by molar-refractivity contribution is 7.15. The molecule has 0 saturated heterocycles. The summed E-state index contributed by atoms with van der Waals surface area (Å²) in [5.41, 5.74) is 0.851. The van der Waals surface area contributed by atoms with Gasteiger partial charge >= 0.3 is 0 Å². The molecular weight excluding hydrogens is 314 g/mol. The lowest BCUT2D eigenvalue weighted by Crippen LogP contribution is -2.14. The highest BCUT2D eigenvalue weighted by atomic mass is 32.1. The maximum atomic E-state index is 12.2. The van der Waals surface area contributed by atoms with Crippen molar-refractivity contribution in [1.29, 1.82) is 0 Å². The molecule has 1 N–H and O–H groups in total. The molecule has 0 spiro atoms. The van der Waals surface area contributed by atoms with Gasteiger partial charge in [-0.3, -0.25) is 4.79 Å². The van der Waals surface area contributed by atoms with Crippen LogP contribution in [-0.2, 0) is 11.2 Å². The molecule has 0 bridgehead atoms. The number of aromatic nitrogens is 2. The Bertz CT molecular complexity index is 698. The van der Waals surface area contributed by atoms with Crippen LogP contribution in [0.2, 0.25) is 0 Å². The van der Waals surface area contributed by atoms with Crippen LogP contribution in [0.3, 0.4) is 0 Å². The van der Waals surface area contributed by atoms with Crippen molar-refractivity contribution in [2.45, 2.75) is 31.6 Å². The Labute approximate surface area is 138 Å². The Morgan fingerprint density at radius 3 is 2.70 bits per heavy atom. The Morgan fingerprint density at radius 2 is 2.04 bits per heavy atom. The first-order valence-corrected chi connectivity index (χ1v) is 8.35. The van der Waals surface area contributed by atoms with E-state index in [0.29, 0.717) is 22.5 Å². The molecule has 122 valence electrons. The van der Waals surface area contributed by atoms with Gasteiger partial charge in [0.15, 0.2) is 11.5 Å². The quantitative estimate of drug-likeness (QED) is 0.880. The third-order valence-corrected chi connectivity index (χ3v) is 4.96. The molecule has 1 aliphatic rings. The second-order valence-corrected chi connectivity index (χ2v) is 6.50. The molecule has 1 aliphatic carbocycles. The predicted octanol–water partition coefficient (Wildman–Crippen LogP) is 3.00. The summed E-state index contributed by atoms with van der Waals surface area (Å²) in [6, 6.07) is 5.44. The summed E-state index contributed by atoms with van der Waals surface area (Å²) < 4.78 is 10.4. The van der Waals surface area contributed by atoms with Crippen LogP contribution >= 0.6 is 11.3 Å². The van der Waals surface area contributed by atoms with E-state index < -0.39 is 0 Å². The van der Waals surface area contributed by atoms with E-state index in [1.54, 1.807) is 26.4 Å². The third-order valence-electron chi connectivity index (χ3n) is 3.95. The minimum atomic E-state index is -0.117. The van der Waals surface area contributed by atoms with Crippen molar-refractivity contribution < 1.29 is 14.3 Å². The summed E-state index contributed by atoms with van der Waals surface area (Å²) in [5.74, 6) is 1.67. The molecule has 1 amide bonds. The molecule has 0 radical (unpaired) electrons. The molecule has 0 aliphatic heterocycles. The number of anilines is 1. The topological polar surface area (TPSA) is 73.3 Å². The van der Waals surface area contributed by atoms with E-state index in [4.69, 9.17) is 9.47 Å². The van der Waals surface area contributed by atoms with Crippen molar-refractivity contribution in [2.24, 2.45) is 0 Å². The molecule has 1 aromatic heterocycles. The average molecular weight is 333 g/mol. The fourth-order valence-corrected chi connectivity index (χ4v) is 3.37. The number of amides is 1. The fraction of sp³-hybridized carbons (Fsp3) is 0.438. The predicted molar refractivity (Wildman–Crippen MR) is 88.4 cm³/mol. The standard InChI is InChI=1S/C16H19N3O3S/c1-21-12-7-6-10(8-13(12)22-2)9-14(20)17-16-19-18-15(23-16)11-4-3-5-11/h6-8,11H,3-5,9H2,1-2H3,(H,17,19,20). The molecule has 6 nitrogen and oxygen atoms in total. The van der Waals surface area contributed by atoms with Crippen LogP contribution < -0.4 is 14.8 Å². The summed E-state index contributed by atoms with van der Waals surface area (Å²) in [7, 11) is 3.16. The van der Waals surface area contributed by atoms with E-state index in [1.165, 1.54) is 30.6 Å². The molecule has 3 rings (SSSR count). The fourth-order valence-electron chi connectivity index (χ4n) is 2.44. The Hall–Kier alpha value is -2.15. The zero-order valence-electron chi connectivity index (χ0n) is 13.2. The van der Waals surface area contributed by atoms with Crippen molar-refractivity contribution >= 4 is 22.4 Å². The van der Waals surface area contributed by atoms with Crippen LogP contribution in [0, 0.1) is 0 Å². The lowest BCUT2D eigenvalue weighted by atomic mass is 9.86. The minimum Gasteiger partial charge on any atom is -0.493 e. The molecule has 7 heteroatoms. The van der Waals surface area contributed by atoms with Crippen LogP contribution in [0.1, 0.15) is 35.8 Å². The number of benzene rings is 1. The van der Waals surface area contributed by atoms with Crippen LogP contribution in [0.4, 0.5) is 5.13 Å². The van der Waals surface area contributed by atoms with Crippen LogP contribution in [0.15, 0.2) is 18.2 Å². The highest BCUT2D eigenvalue weighted by Gasteiger charge is 2.23. The Balaban J connectivity index is 1.61. The van der Waals surface area contributed by atoms with Gasteiger partial charge in [0.2, 0.25) is 11.0 Å². The van der Waals surface area contributed by atoms with Crippen molar-refractivity contribution in [1.82, 2.24) is 10.2 Å². The Morgan fingerprint density at radius 1 is 1.26 bits per heavy atom. The van der Waals surface area contributed by atoms with Gasteiger partial charge in [0.25, 0.3) is 0 Å². The van der Waals surface area contributed by atoms with E-state index in [1.807, 2.05) is 6.07 Å². The molecular formula is C16H19N3O3S. The van der Waals surface area contributed by atoms with Gasteiger partial charge in [-0.05, 0) is 30.5 Å². The number of rotatable bonds is 6. The lowest BCUT2D eigenvalue weighted by Gasteiger charge is -2.21. The van der Waals surface area contributed by atoms with Gasteiger partial charge in [-0.2, -0.15) is 0 Å². The second kappa shape index (κ2) is 6.95. The maximum Gasteiger partial charge on any atom is 0.230 e. The first kappa shape index (κ1) is 15.7. The van der Waals surface area contributed by atoms with Gasteiger partial charge in [0, 0.05) is 5.92 Å². The van der Waals surface area contributed by atoms with Crippen molar-refractivity contribution in [3.05, 3.63) is 28.8 Å². The van der Waals surface area contributed by atoms with Gasteiger partial charge in [0.1, 0.15) is 5.01 Å². The maximum absolute atomic E-state index is 12.2. The summed E-state index contributed by atoms with van der Waals surface area (Å²) in [5, 5.41) is 12.6. The molecule has 23 heavy (non-hydrogen) atoms. The smallest absolute Gasteiger partial charge is 0.230 e. The van der Waals surface area contributed by atoms with E-state index >= 15 is 0 Å². The lowest BCUT2D eigenvalue weighted by molar-refractivity contribution is -0.115. The molecule has 0 unspecified atom stereocenters. The zero-order valence-corrected chi connectivity index (χ0v) is 14.0. The molecule has 1 saturated carbocycles. The van der Waals surface area contributed by atoms with Gasteiger partial charge < -0.3 is 14.8 Å². The van der Waals surface area contributed by atoms with Gasteiger partial charge in [-0.25, -0.2) is 0 Å². The minimum absolute atomic E-state index is 0.117. The number of methoxy groups -OCH3 is 2. The number of hydrogen-bond acceptors (Lipinski definition) is 6. The monoisotopic (exact) mass is 333 g/mol. The number of carbonyl (C=O) groups excluding carboxylic acids is 1. The van der Waals surface area contributed by atoms with E-state index in [0.717, 1.165) is 10.6 Å². The molecule has 0 atom stereocenters. The van der Waals surface area contributed by atoms with Crippen LogP contribution in [-0.4, -0.2) is 30.3 Å². The van der Waals surface area contributed by atoms with E-state index in [9.17, 15) is 4.79 Å². The summed E-state index contributed by atoms with van der Waals surface area (Å²) in [6.07, 6.45) is 3.85. The number of carbonyl (C=O) groups is 1. The Kier molecular flexibility index (Phi) is 4.76. The van der Waals surface area contributed by atoms with Crippen molar-refractivity contribution in [3.8, 4) is 11.5 Å². The molecule has 2 aromatic rings. The number of hydrogen-bond donors (Lipinski definition) is 1. The van der Waals surface area contributed by atoms with Crippen molar-refractivity contribution in [3.63, 3.8) is 0 Å². The van der Waals surface area contributed by atoms with Crippen LogP contribution in [0.5, 0.6) is 11.5 Å². The van der Waals surface area contributed by atoms with Gasteiger partial charge in [-0.15, -0.1) is 10.2 Å².